The van der Waals surface area contributed by atoms with Gasteiger partial charge in [0.25, 0.3) is 11.5 Å². The van der Waals surface area contributed by atoms with Gasteiger partial charge in [-0.25, -0.2) is 4.99 Å². The van der Waals surface area contributed by atoms with Crippen LogP contribution in [-0.4, -0.2) is 31.3 Å². The number of hydrogen-bond donors (Lipinski definition) is 1. The fourth-order valence-corrected chi connectivity index (χ4v) is 6.29. The number of aryl methyl sites for hydroxylation is 1. The molecule has 3 aromatic carbocycles. The van der Waals surface area contributed by atoms with E-state index in [1.54, 1.807) is 42.9 Å². The first-order chi connectivity index (χ1) is 20.7. The molecule has 0 fully saturated rings. The Bertz CT molecular complexity index is 1990. The van der Waals surface area contributed by atoms with Crippen LogP contribution in [0.5, 0.6) is 17.2 Å². The minimum atomic E-state index is -0.790. The number of carbonyl (C=O) groups is 1. The Labute approximate surface area is 261 Å². The lowest BCUT2D eigenvalue weighted by Gasteiger charge is -2.26. The molecule has 0 bridgehead atoms. The fraction of sp³-hybridized carbons (Fsp3) is 0.182. The van der Waals surface area contributed by atoms with Crippen molar-refractivity contribution in [2.75, 3.05) is 26.1 Å². The number of nitrogens with zero attached hydrogens (tertiary/aromatic N) is 2. The Morgan fingerprint density at radius 3 is 2.56 bits per heavy atom. The van der Waals surface area contributed by atoms with Crippen molar-refractivity contribution >= 4 is 44.9 Å². The fourth-order valence-electron chi connectivity index (χ4n) is 4.88. The Balaban J connectivity index is 1.71. The molecule has 0 spiro atoms. The number of rotatable bonds is 8. The van der Waals surface area contributed by atoms with Crippen molar-refractivity contribution < 1.29 is 19.0 Å². The van der Waals surface area contributed by atoms with Gasteiger partial charge in [-0.2, -0.15) is 0 Å². The van der Waals surface area contributed by atoms with E-state index in [0.29, 0.717) is 54.7 Å². The lowest BCUT2D eigenvalue weighted by atomic mass is 9.94. The van der Waals surface area contributed by atoms with Gasteiger partial charge in [0.15, 0.2) is 16.3 Å². The van der Waals surface area contributed by atoms with Gasteiger partial charge in [-0.3, -0.25) is 14.2 Å². The zero-order valence-corrected chi connectivity index (χ0v) is 26.3. The van der Waals surface area contributed by atoms with Gasteiger partial charge in [0.1, 0.15) is 12.4 Å². The molecule has 0 aliphatic carbocycles. The molecule has 1 amide bonds. The summed E-state index contributed by atoms with van der Waals surface area (Å²) >= 11 is 4.73. The summed E-state index contributed by atoms with van der Waals surface area (Å²) in [6, 6.07) is 17.6. The molecule has 4 aromatic rings. The third-order valence-corrected chi connectivity index (χ3v) is 8.43. The van der Waals surface area contributed by atoms with E-state index in [0.717, 1.165) is 10.0 Å². The molecule has 2 heterocycles. The van der Waals surface area contributed by atoms with E-state index in [2.05, 4.69) is 27.2 Å². The van der Waals surface area contributed by atoms with Crippen LogP contribution >= 0.6 is 27.3 Å². The number of halogens is 1. The maximum Gasteiger partial charge on any atom is 0.271 e. The summed E-state index contributed by atoms with van der Waals surface area (Å²) in [5.74, 6) is 3.65. The van der Waals surface area contributed by atoms with Crippen LogP contribution in [0.1, 0.15) is 29.7 Å². The van der Waals surface area contributed by atoms with E-state index < -0.39 is 6.04 Å². The van der Waals surface area contributed by atoms with Crippen LogP contribution in [0.2, 0.25) is 0 Å². The molecule has 10 heteroatoms. The van der Waals surface area contributed by atoms with Crippen molar-refractivity contribution in [3.05, 3.63) is 113 Å². The van der Waals surface area contributed by atoms with Crippen molar-refractivity contribution in [3.8, 4) is 29.6 Å². The standard InChI is InChI=1S/C33H28BrN3O5S/c1-6-15-42-25-14-12-23(34)16-22(25)18-28-32(39)37-30(21-11-13-26(40-4)27(17-21)41-5)29(20(3)35-33(37)43-28)31(38)36-24-10-8-7-9-19(24)2/h1,7-14,16-18,30H,15H2,2-5H3,(H,36,38)/b28-18-/t30-/m1/s1. The van der Waals surface area contributed by atoms with Crippen molar-refractivity contribution in [2.24, 2.45) is 4.99 Å². The SMILES string of the molecule is C#CCOc1ccc(Br)cc1/C=c1\sc2n(c1=O)[C@H](c1ccc(OC)c(OC)c1)C(C(=O)Nc1ccccc1C)=C(C)N=2. The number of terminal acetylenes is 1. The lowest BCUT2D eigenvalue weighted by molar-refractivity contribution is -0.113. The number of methoxy groups -OCH3 is 2. The largest absolute Gasteiger partial charge is 0.493 e. The predicted octanol–water partition coefficient (Wildman–Crippen LogP) is 4.97. The third-order valence-electron chi connectivity index (χ3n) is 6.95. The summed E-state index contributed by atoms with van der Waals surface area (Å²) in [6.45, 7) is 3.78. The van der Waals surface area contributed by atoms with Crippen molar-refractivity contribution in [1.82, 2.24) is 4.57 Å². The molecule has 1 aliphatic heterocycles. The maximum atomic E-state index is 14.2. The van der Waals surface area contributed by atoms with E-state index in [-0.39, 0.29) is 18.1 Å². The van der Waals surface area contributed by atoms with Crippen LogP contribution in [0.15, 0.2) is 86.2 Å². The van der Waals surface area contributed by atoms with E-state index in [9.17, 15) is 9.59 Å². The Hall–Kier alpha value is -4.59. The number of hydrogen-bond acceptors (Lipinski definition) is 7. The molecular weight excluding hydrogens is 630 g/mol. The highest BCUT2D eigenvalue weighted by Crippen LogP contribution is 2.36. The van der Waals surface area contributed by atoms with Gasteiger partial charge in [0.05, 0.1) is 36.1 Å². The number of anilines is 1. The minimum Gasteiger partial charge on any atom is -0.493 e. The summed E-state index contributed by atoms with van der Waals surface area (Å²) in [5, 5.41) is 3.02. The molecule has 5 rings (SSSR count). The van der Waals surface area contributed by atoms with Gasteiger partial charge in [0, 0.05) is 15.7 Å². The monoisotopic (exact) mass is 657 g/mol. The number of amides is 1. The summed E-state index contributed by atoms with van der Waals surface area (Å²) in [4.78, 5) is 33.3. The minimum absolute atomic E-state index is 0.0849. The molecule has 1 N–H and O–H groups in total. The Morgan fingerprint density at radius 2 is 1.84 bits per heavy atom. The van der Waals surface area contributed by atoms with Crippen molar-refractivity contribution in [3.63, 3.8) is 0 Å². The number of para-hydroxylation sites is 1. The molecule has 0 radical (unpaired) electrons. The lowest BCUT2D eigenvalue weighted by Crippen LogP contribution is -2.40. The second-order valence-electron chi connectivity index (χ2n) is 9.64. The number of allylic oxidation sites excluding steroid dienone is 1. The number of ether oxygens (including phenoxy) is 3. The van der Waals surface area contributed by atoms with Crippen molar-refractivity contribution in [2.45, 2.75) is 19.9 Å². The first-order valence-corrected chi connectivity index (χ1v) is 14.8. The Kier molecular flexibility index (Phi) is 8.85. The predicted molar refractivity (Wildman–Crippen MR) is 172 cm³/mol. The zero-order chi connectivity index (χ0) is 30.7. The van der Waals surface area contributed by atoms with Gasteiger partial charge in [-0.05, 0) is 67.4 Å². The molecule has 43 heavy (non-hydrogen) atoms. The molecule has 218 valence electrons. The number of thiazole rings is 1. The normalized spacial score (nSPS) is 14.4. The number of nitrogens with one attached hydrogen (secondary N) is 1. The molecule has 1 atom stereocenters. The van der Waals surface area contributed by atoms with Gasteiger partial charge >= 0.3 is 0 Å². The number of benzene rings is 3. The molecular formula is C33H28BrN3O5S. The highest BCUT2D eigenvalue weighted by Gasteiger charge is 2.33. The first kappa shape index (κ1) is 29.9. The van der Waals surface area contributed by atoms with Crippen LogP contribution in [0.25, 0.3) is 6.08 Å². The smallest absolute Gasteiger partial charge is 0.271 e. The molecule has 0 saturated carbocycles. The summed E-state index contributed by atoms with van der Waals surface area (Å²) < 4.78 is 19.5. The number of fused-ring (bicyclic) bond motifs is 1. The van der Waals surface area contributed by atoms with Crippen LogP contribution in [-0.2, 0) is 4.79 Å². The average molecular weight is 659 g/mol. The highest BCUT2D eigenvalue weighted by atomic mass is 79.9. The summed E-state index contributed by atoms with van der Waals surface area (Å²) in [6.07, 6.45) is 7.15. The van der Waals surface area contributed by atoms with E-state index in [1.165, 1.54) is 18.4 Å². The van der Waals surface area contributed by atoms with Crippen LogP contribution in [0, 0.1) is 19.3 Å². The van der Waals surface area contributed by atoms with Gasteiger partial charge in [-0.15, -0.1) is 6.42 Å². The van der Waals surface area contributed by atoms with Gasteiger partial charge < -0.3 is 19.5 Å². The van der Waals surface area contributed by atoms with Gasteiger partial charge in [-0.1, -0.05) is 57.5 Å². The molecule has 1 aromatic heterocycles. The summed E-state index contributed by atoms with van der Waals surface area (Å²) in [7, 11) is 3.09. The van der Waals surface area contributed by atoms with E-state index >= 15 is 0 Å². The third kappa shape index (κ3) is 6.00. The molecule has 0 unspecified atom stereocenters. The molecule has 8 nitrogen and oxygen atoms in total. The number of carbonyl (C=O) groups excluding carboxylic acids is 1. The summed E-state index contributed by atoms with van der Waals surface area (Å²) in [5.41, 5.74) is 3.45. The van der Waals surface area contributed by atoms with Crippen molar-refractivity contribution in [1.29, 1.82) is 0 Å². The van der Waals surface area contributed by atoms with Crippen LogP contribution < -0.4 is 34.4 Å². The second kappa shape index (κ2) is 12.7. The molecule has 0 saturated heterocycles. The zero-order valence-electron chi connectivity index (χ0n) is 23.9. The maximum absolute atomic E-state index is 14.2. The quantitative estimate of drug-likeness (QED) is 0.270. The average Bonchev–Trinajstić information content (AvgIpc) is 3.30. The second-order valence-corrected chi connectivity index (χ2v) is 11.6. The topological polar surface area (TPSA) is 91.1 Å². The first-order valence-electron chi connectivity index (χ1n) is 13.2. The Morgan fingerprint density at radius 1 is 1.09 bits per heavy atom. The number of aromatic nitrogens is 1. The van der Waals surface area contributed by atoms with E-state index in [1.807, 2.05) is 49.4 Å². The highest BCUT2D eigenvalue weighted by molar-refractivity contribution is 9.10. The van der Waals surface area contributed by atoms with Gasteiger partial charge in [0.2, 0.25) is 0 Å². The van der Waals surface area contributed by atoms with E-state index in [4.69, 9.17) is 25.6 Å². The molecule has 1 aliphatic rings. The van der Waals surface area contributed by atoms with Crippen LogP contribution in [0.4, 0.5) is 5.69 Å². The van der Waals surface area contributed by atoms with Crippen LogP contribution in [0.3, 0.4) is 0 Å².